The van der Waals surface area contributed by atoms with Gasteiger partial charge in [0.15, 0.2) is 0 Å². The van der Waals surface area contributed by atoms with Crippen LogP contribution in [0.2, 0.25) is 0 Å². The number of halogens is 3. The van der Waals surface area contributed by atoms with Crippen molar-refractivity contribution in [2.24, 2.45) is 0 Å². The highest BCUT2D eigenvalue weighted by Crippen LogP contribution is 2.30. The second-order valence-corrected chi connectivity index (χ2v) is 7.00. The number of alkyl halides is 3. The number of aromatic nitrogens is 2. The number of aliphatic carboxylic acids is 1. The zero-order valence-corrected chi connectivity index (χ0v) is 17.8. The summed E-state index contributed by atoms with van der Waals surface area (Å²) in [6.07, 6.45) is -1.48. The topological polar surface area (TPSA) is 104 Å². The molecule has 7 nitrogen and oxygen atoms in total. The van der Waals surface area contributed by atoms with Gasteiger partial charge in [-0.2, -0.15) is 13.2 Å². The Bertz CT molecular complexity index is 1310. The van der Waals surface area contributed by atoms with Crippen LogP contribution in [0.25, 0.3) is 22.0 Å². The molecule has 0 fully saturated rings. The highest BCUT2D eigenvalue weighted by atomic mass is 19.4. The second-order valence-electron chi connectivity index (χ2n) is 7.00. The van der Waals surface area contributed by atoms with Crippen molar-refractivity contribution in [2.75, 3.05) is 10.6 Å². The van der Waals surface area contributed by atoms with Gasteiger partial charge in [0.25, 0.3) is 0 Å². The van der Waals surface area contributed by atoms with Gasteiger partial charge in [-0.15, -0.1) is 0 Å². The minimum Gasteiger partial charge on any atom is -0.475 e. The van der Waals surface area contributed by atoms with Gasteiger partial charge in [0.1, 0.15) is 5.82 Å². The van der Waals surface area contributed by atoms with Crippen molar-refractivity contribution in [2.45, 2.75) is 13.1 Å². The van der Waals surface area contributed by atoms with Crippen LogP contribution in [0, 0.1) is 0 Å². The third-order valence-corrected chi connectivity index (χ3v) is 4.41. The Balaban J connectivity index is 0.000000406. The van der Waals surface area contributed by atoms with Gasteiger partial charge in [0.05, 0.1) is 5.52 Å². The first-order chi connectivity index (χ1) is 16.1. The maximum atomic E-state index is 11.3. The molecule has 2 aromatic carbocycles. The minimum atomic E-state index is -5.08. The van der Waals surface area contributed by atoms with E-state index < -0.39 is 12.1 Å². The second kappa shape index (κ2) is 10.4. The van der Waals surface area contributed by atoms with Crippen LogP contribution in [-0.4, -0.2) is 33.1 Å². The summed E-state index contributed by atoms with van der Waals surface area (Å²) in [5.74, 6) is -2.07. The molecule has 2 heterocycles. The largest absolute Gasteiger partial charge is 0.490 e. The van der Waals surface area contributed by atoms with Gasteiger partial charge in [0, 0.05) is 41.6 Å². The molecule has 0 saturated carbocycles. The first-order valence-corrected chi connectivity index (χ1v) is 9.88. The monoisotopic (exact) mass is 468 g/mol. The Morgan fingerprint density at radius 1 is 0.912 bits per heavy atom. The molecule has 0 aliphatic rings. The van der Waals surface area contributed by atoms with Crippen molar-refractivity contribution < 1.29 is 27.9 Å². The van der Waals surface area contributed by atoms with E-state index in [0.29, 0.717) is 0 Å². The summed E-state index contributed by atoms with van der Waals surface area (Å²) in [6.45, 7) is 1.50. The normalized spacial score (nSPS) is 10.7. The molecule has 0 atom stereocenters. The first kappa shape index (κ1) is 24.2. The molecule has 10 heteroatoms. The lowest BCUT2D eigenvalue weighted by Crippen LogP contribution is -2.21. The van der Waals surface area contributed by atoms with Crippen LogP contribution in [0.4, 0.5) is 30.4 Å². The Morgan fingerprint density at radius 3 is 2.29 bits per heavy atom. The fourth-order valence-corrected chi connectivity index (χ4v) is 2.97. The molecule has 1 amide bonds. The number of amides is 1. The van der Waals surface area contributed by atoms with E-state index in [1.54, 1.807) is 6.20 Å². The van der Waals surface area contributed by atoms with Gasteiger partial charge in [-0.25, -0.2) is 9.78 Å². The molecule has 0 aliphatic heterocycles. The zero-order chi connectivity index (χ0) is 24.7. The van der Waals surface area contributed by atoms with Crippen LogP contribution in [0.1, 0.15) is 6.92 Å². The van der Waals surface area contributed by atoms with Crippen molar-refractivity contribution in [3.8, 4) is 11.1 Å². The van der Waals surface area contributed by atoms with Gasteiger partial charge in [-0.1, -0.05) is 24.3 Å². The van der Waals surface area contributed by atoms with E-state index in [1.807, 2.05) is 66.9 Å². The number of pyridine rings is 2. The van der Waals surface area contributed by atoms with Crippen LogP contribution >= 0.6 is 0 Å². The number of nitrogens with zero attached hydrogens (tertiary/aromatic N) is 2. The van der Waals surface area contributed by atoms with Crippen molar-refractivity contribution in [3.63, 3.8) is 0 Å². The smallest absolute Gasteiger partial charge is 0.475 e. The number of carboxylic acid groups (broad SMARTS) is 1. The summed E-state index contributed by atoms with van der Waals surface area (Å²) in [5.41, 5.74) is 4.57. The van der Waals surface area contributed by atoms with Crippen molar-refractivity contribution in [1.29, 1.82) is 0 Å². The molecule has 4 aromatic rings. The molecular formula is C24H19F3N4O3. The van der Waals surface area contributed by atoms with Crippen LogP contribution in [-0.2, 0) is 9.59 Å². The zero-order valence-electron chi connectivity index (χ0n) is 17.8. The highest BCUT2D eigenvalue weighted by molar-refractivity contribution is 5.96. The molecule has 34 heavy (non-hydrogen) atoms. The number of benzene rings is 2. The number of hydrogen-bond donors (Lipinski definition) is 3. The number of rotatable bonds is 4. The van der Waals surface area contributed by atoms with E-state index in [2.05, 4.69) is 26.7 Å². The van der Waals surface area contributed by atoms with Crippen LogP contribution in [0.5, 0.6) is 0 Å². The highest BCUT2D eigenvalue weighted by Gasteiger charge is 2.38. The predicted octanol–water partition coefficient (Wildman–Crippen LogP) is 5.63. The molecule has 0 spiro atoms. The number of nitrogens with one attached hydrogen (secondary N) is 2. The SMILES string of the molecule is CC(=O)Nc1cccc(-c2cnc3cccc(Nc4ccccn4)c3c2)c1.O=C(O)C(F)(F)F. The summed E-state index contributed by atoms with van der Waals surface area (Å²) in [5, 5.41) is 14.3. The lowest BCUT2D eigenvalue weighted by molar-refractivity contribution is -0.192. The van der Waals surface area contributed by atoms with Crippen molar-refractivity contribution in [1.82, 2.24) is 9.97 Å². The fourth-order valence-electron chi connectivity index (χ4n) is 2.97. The molecule has 0 aliphatic carbocycles. The molecule has 174 valence electrons. The van der Waals surface area contributed by atoms with Crippen molar-refractivity contribution in [3.05, 3.63) is 79.1 Å². The summed E-state index contributed by atoms with van der Waals surface area (Å²) < 4.78 is 31.7. The molecule has 0 unspecified atom stereocenters. The Morgan fingerprint density at radius 2 is 1.65 bits per heavy atom. The van der Waals surface area contributed by atoms with Crippen molar-refractivity contribution >= 4 is 40.0 Å². The van der Waals surface area contributed by atoms with Gasteiger partial charge < -0.3 is 15.7 Å². The van der Waals surface area contributed by atoms with Gasteiger partial charge in [0.2, 0.25) is 5.91 Å². The average molecular weight is 468 g/mol. The van der Waals surface area contributed by atoms with Crippen LogP contribution < -0.4 is 10.6 Å². The fraction of sp³-hybridized carbons (Fsp3) is 0.0833. The third-order valence-electron chi connectivity index (χ3n) is 4.41. The van der Waals surface area contributed by atoms with E-state index in [0.717, 1.165) is 39.2 Å². The Kier molecular flexibility index (Phi) is 7.42. The number of carboxylic acids is 1. The number of hydrogen-bond acceptors (Lipinski definition) is 5. The number of anilines is 3. The van der Waals surface area contributed by atoms with Gasteiger partial charge >= 0.3 is 12.1 Å². The Hall–Kier alpha value is -4.47. The number of carbonyl (C=O) groups excluding carboxylic acids is 1. The minimum absolute atomic E-state index is 0.0920. The van der Waals surface area contributed by atoms with E-state index in [9.17, 15) is 18.0 Å². The van der Waals surface area contributed by atoms with Crippen LogP contribution in [0.15, 0.2) is 79.1 Å². The summed E-state index contributed by atoms with van der Waals surface area (Å²) >= 11 is 0. The average Bonchev–Trinajstić information content (AvgIpc) is 2.79. The quantitative estimate of drug-likeness (QED) is 0.359. The lowest BCUT2D eigenvalue weighted by Gasteiger charge is -2.11. The maximum absolute atomic E-state index is 11.3. The standard InChI is InChI=1S/C22H18N4O.C2HF3O2/c1-15(27)25-18-7-4-6-16(12-18)17-13-19-20(24-14-17)8-5-9-21(19)26-22-10-2-3-11-23-22;3-2(4,5)1(6)7/h2-14H,1H3,(H,23,26)(H,25,27);(H,6,7). The Labute approximate surface area is 192 Å². The summed E-state index contributed by atoms with van der Waals surface area (Å²) in [6, 6.07) is 21.5. The predicted molar refractivity (Wildman–Crippen MR) is 123 cm³/mol. The van der Waals surface area contributed by atoms with E-state index in [-0.39, 0.29) is 5.91 Å². The maximum Gasteiger partial charge on any atom is 0.490 e. The van der Waals surface area contributed by atoms with E-state index >= 15 is 0 Å². The van der Waals surface area contributed by atoms with Gasteiger partial charge in [-0.05, 0) is 48.0 Å². The van der Waals surface area contributed by atoms with E-state index in [4.69, 9.17) is 9.90 Å². The molecule has 0 radical (unpaired) electrons. The lowest BCUT2D eigenvalue weighted by atomic mass is 10.0. The molecule has 0 saturated heterocycles. The molecule has 2 aromatic heterocycles. The number of fused-ring (bicyclic) bond motifs is 1. The summed E-state index contributed by atoms with van der Waals surface area (Å²) in [4.78, 5) is 29.1. The molecule has 0 bridgehead atoms. The van der Waals surface area contributed by atoms with E-state index in [1.165, 1.54) is 6.92 Å². The molecule has 3 N–H and O–H groups in total. The van der Waals surface area contributed by atoms with Gasteiger partial charge in [-0.3, -0.25) is 9.78 Å². The third kappa shape index (κ3) is 6.52. The molecular weight excluding hydrogens is 449 g/mol. The summed E-state index contributed by atoms with van der Waals surface area (Å²) in [7, 11) is 0. The number of carbonyl (C=O) groups is 2. The first-order valence-electron chi connectivity index (χ1n) is 9.88. The molecule has 4 rings (SSSR count). The van der Waals surface area contributed by atoms with Crippen LogP contribution in [0.3, 0.4) is 0 Å².